The van der Waals surface area contributed by atoms with E-state index in [9.17, 15) is 10.1 Å². The summed E-state index contributed by atoms with van der Waals surface area (Å²) >= 11 is 0. The van der Waals surface area contributed by atoms with Gasteiger partial charge in [0.1, 0.15) is 11.5 Å². The molecular weight excluding hydrogens is 308 g/mol. The molecule has 3 rings (SSSR count). The molecule has 1 saturated heterocycles. The number of pyridine rings is 1. The van der Waals surface area contributed by atoms with Crippen LogP contribution in [0.1, 0.15) is 24.1 Å². The highest BCUT2D eigenvalue weighted by Crippen LogP contribution is 2.29. The molecule has 0 radical (unpaired) electrons. The summed E-state index contributed by atoms with van der Waals surface area (Å²) in [6.45, 7) is 5.43. The Morgan fingerprint density at radius 1 is 1.29 bits per heavy atom. The van der Waals surface area contributed by atoms with Crippen molar-refractivity contribution in [3.8, 4) is 0 Å². The average Bonchev–Trinajstić information content (AvgIpc) is 2.83. The number of nitrogens with one attached hydrogen (secondary N) is 1. The van der Waals surface area contributed by atoms with Crippen LogP contribution in [0, 0.1) is 24.0 Å². The summed E-state index contributed by atoms with van der Waals surface area (Å²) in [4.78, 5) is 17.6. The fourth-order valence-electron chi connectivity index (χ4n) is 3.12. The van der Waals surface area contributed by atoms with E-state index in [1.807, 2.05) is 19.2 Å². The summed E-state index contributed by atoms with van der Waals surface area (Å²) in [5.74, 6) is 1.48. The summed E-state index contributed by atoms with van der Waals surface area (Å²) < 4.78 is 1.56. The van der Waals surface area contributed by atoms with Crippen LogP contribution in [0.25, 0.3) is 0 Å². The van der Waals surface area contributed by atoms with Gasteiger partial charge in [0, 0.05) is 32.4 Å². The van der Waals surface area contributed by atoms with Gasteiger partial charge in [-0.15, -0.1) is 0 Å². The van der Waals surface area contributed by atoms with E-state index in [0.717, 1.165) is 37.3 Å². The lowest BCUT2D eigenvalue weighted by Crippen LogP contribution is -2.39. The van der Waals surface area contributed by atoms with Crippen molar-refractivity contribution in [3.05, 3.63) is 39.7 Å². The first kappa shape index (κ1) is 16.2. The first-order valence-electron chi connectivity index (χ1n) is 8.08. The molecule has 2 aromatic rings. The fourth-order valence-corrected chi connectivity index (χ4v) is 3.12. The summed E-state index contributed by atoms with van der Waals surface area (Å²) in [7, 11) is 1.73. The van der Waals surface area contributed by atoms with E-state index in [-0.39, 0.29) is 16.7 Å². The van der Waals surface area contributed by atoms with Crippen LogP contribution in [0.15, 0.2) is 18.3 Å². The predicted molar refractivity (Wildman–Crippen MR) is 92.4 cm³/mol. The molecule has 8 nitrogen and oxygen atoms in total. The molecule has 0 amide bonds. The quantitative estimate of drug-likeness (QED) is 0.684. The van der Waals surface area contributed by atoms with Crippen LogP contribution in [0.4, 0.5) is 17.3 Å². The Morgan fingerprint density at radius 3 is 2.58 bits per heavy atom. The zero-order chi connectivity index (χ0) is 17.3. The number of piperidine rings is 1. The fraction of sp³-hybridized carbons (Fsp3) is 0.500. The van der Waals surface area contributed by atoms with Gasteiger partial charge >= 0.3 is 5.69 Å². The highest BCUT2D eigenvalue weighted by molar-refractivity contribution is 5.60. The Bertz CT molecular complexity index is 732. The van der Waals surface area contributed by atoms with Gasteiger partial charge in [-0.3, -0.25) is 10.1 Å². The minimum absolute atomic E-state index is 0.0696. The van der Waals surface area contributed by atoms with E-state index in [4.69, 9.17) is 0 Å². The molecule has 2 aromatic heterocycles. The number of anilines is 2. The zero-order valence-corrected chi connectivity index (χ0v) is 14.2. The van der Waals surface area contributed by atoms with Gasteiger partial charge in [0.05, 0.1) is 4.92 Å². The van der Waals surface area contributed by atoms with Crippen molar-refractivity contribution in [2.75, 3.05) is 23.3 Å². The minimum Gasteiger partial charge on any atom is -0.362 e. The van der Waals surface area contributed by atoms with Gasteiger partial charge in [-0.2, -0.15) is 5.10 Å². The van der Waals surface area contributed by atoms with E-state index in [2.05, 4.69) is 26.4 Å². The van der Waals surface area contributed by atoms with Crippen LogP contribution in [0.3, 0.4) is 0 Å². The summed E-state index contributed by atoms with van der Waals surface area (Å²) in [5, 5.41) is 18.7. The minimum atomic E-state index is -0.365. The van der Waals surface area contributed by atoms with Crippen molar-refractivity contribution >= 4 is 17.3 Å². The second-order valence-electron chi connectivity index (χ2n) is 6.26. The van der Waals surface area contributed by atoms with Crippen LogP contribution in [-0.4, -0.2) is 38.8 Å². The maximum absolute atomic E-state index is 11.3. The number of aromatic nitrogens is 3. The average molecular weight is 330 g/mol. The summed E-state index contributed by atoms with van der Waals surface area (Å²) in [5.41, 5.74) is 1.65. The lowest BCUT2D eigenvalue weighted by Gasteiger charge is -2.33. The maximum Gasteiger partial charge on any atom is 0.333 e. The Labute approximate surface area is 140 Å². The van der Waals surface area contributed by atoms with Crippen LogP contribution in [0.5, 0.6) is 0 Å². The molecule has 8 heteroatoms. The molecule has 24 heavy (non-hydrogen) atoms. The molecule has 0 saturated carbocycles. The third kappa shape index (κ3) is 3.17. The van der Waals surface area contributed by atoms with Crippen molar-refractivity contribution in [1.29, 1.82) is 0 Å². The van der Waals surface area contributed by atoms with Gasteiger partial charge < -0.3 is 10.2 Å². The first-order valence-corrected chi connectivity index (χ1v) is 8.08. The highest BCUT2D eigenvalue weighted by Gasteiger charge is 2.27. The van der Waals surface area contributed by atoms with Gasteiger partial charge in [0.25, 0.3) is 0 Å². The molecule has 1 fully saturated rings. The second kappa shape index (κ2) is 6.46. The second-order valence-corrected chi connectivity index (χ2v) is 6.26. The van der Waals surface area contributed by atoms with Crippen molar-refractivity contribution in [2.24, 2.45) is 7.05 Å². The number of nitro groups is 1. The van der Waals surface area contributed by atoms with Gasteiger partial charge in [0.15, 0.2) is 0 Å². The van der Waals surface area contributed by atoms with Gasteiger partial charge in [-0.05, 0) is 38.3 Å². The van der Waals surface area contributed by atoms with E-state index in [1.165, 1.54) is 0 Å². The van der Waals surface area contributed by atoms with Crippen molar-refractivity contribution < 1.29 is 4.92 Å². The topological polar surface area (TPSA) is 89.1 Å². The Balaban J connectivity index is 1.66. The van der Waals surface area contributed by atoms with E-state index in [0.29, 0.717) is 11.5 Å². The third-order valence-corrected chi connectivity index (χ3v) is 4.43. The smallest absolute Gasteiger partial charge is 0.333 e. The Morgan fingerprint density at radius 2 is 2.00 bits per heavy atom. The lowest BCUT2D eigenvalue weighted by molar-refractivity contribution is -0.384. The van der Waals surface area contributed by atoms with Crippen LogP contribution in [0.2, 0.25) is 0 Å². The normalized spacial score (nSPS) is 15.5. The molecule has 0 unspecified atom stereocenters. The van der Waals surface area contributed by atoms with Gasteiger partial charge in [0.2, 0.25) is 5.82 Å². The molecule has 0 bridgehead atoms. The molecular formula is C16H22N6O2. The Kier molecular flexibility index (Phi) is 4.37. The molecule has 3 heterocycles. The largest absolute Gasteiger partial charge is 0.362 e. The van der Waals surface area contributed by atoms with Crippen LogP contribution >= 0.6 is 0 Å². The van der Waals surface area contributed by atoms with Crippen LogP contribution in [-0.2, 0) is 7.05 Å². The lowest BCUT2D eigenvalue weighted by atomic mass is 10.0. The van der Waals surface area contributed by atoms with Gasteiger partial charge in [-0.1, -0.05) is 6.07 Å². The number of hydrogen-bond donors (Lipinski definition) is 1. The number of nitrogens with zero attached hydrogens (tertiary/aromatic N) is 5. The third-order valence-electron chi connectivity index (χ3n) is 4.43. The zero-order valence-electron chi connectivity index (χ0n) is 14.2. The molecule has 0 aliphatic carbocycles. The molecule has 128 valence electrons. The number of hydrogen-bond acceptors (Lipinski definition) is 6. The molecule has 0 aromatic carbocycles. The molecule has 1 aliphatic heterocycles. The Hall–Kier alpha value is -2.64. The van der Waals surface area contributed by atoms with E-state index in [1.54, 1.807) is 18.7 Å². The van der Waals surface area contributed by atoms with Crippen molar-refractivity contribution in [2.45, 2.75) is 32.7 Å². The van der Waals surface area contributed by atoms with Gasteiger partial charge in [-0.25, -0.2) is 9.67 Å². The first-order chi connectivity index (χ1) is 11.5. The maximum atomic E-state index is 11.3. The number of aryl methyl sites for hydroxylation is 3. The molecule has 1 N–H and O–H groups in total. The monoisotopic (exact) mass is 330 g/mol. The SMILES string of the molecule is Cc1ccc(N2CCC(Nc3c([N+](=O)[O-])c(C)nn3C)CC2)nc1. The van der Waals surface area contributed by atoms with Crippen molar-refractivity contribution in [1.82, 2.24) is 14.8 Å². The molecule has 1 aliphatic rings. The number of rotatable bonds is 4. The summed E-state index contributed by atoms with van der Waals surface area (Å²) in [6.07, 6.45) is 3.68. The highest BCUT2D eigenvalue weighted by atomic mass is 16.6. The molecule has 0 atom stereocenters. The summed E-state index contributed by atoms with van der Waals surface area (Å²) in [6, 6.07) is 4.30. The van der Waals surface area contributed by atoms with Crippen LogP contribution < -0.4 is 10.2 Å². The van der Waals surface area contributed by atoms with Crippen molar-refractivity contribution in [3.63, 3.8) is 0 Å². The predicted octanol–water partition coefficient (Wildman–Crippen LogP) is 2.42. The van der Waals surface area contributed by atoms with E-state index >= 15 is 0 Å². The molecule has 0 spiro atoms. The van der Waals surface area contributed by atoms with E-state index < -0.39 is 0 Å². The standard InChI is InChI=1S/C16H22N6O2/c1-11-4-5-14(17-10-11)21-8-6-13(7-9-21)18-16-15(22(23)24)12(2)19-20(16)3/h4-5,10,13,18H,6-9H2,1-3H3.